The molecule has 0 spiro atoms. The number of hydrogen-bond donors (Lipinski definition) is 3. The predicted octanol–water partition coefficient (Wildman–Crippen LogP) is 2.61. The van der Waals surface area contributed by atoms with E-state index in [1.807, 2.05) is 24.3 Å². The lowest BCUT2D eigenvalue weighted by molar-refractivity contribution is -0.131. The molecule has 0 radical (unpaired) electrons. The summed E-state index contributed by atoms with van der Waals surface area (Å²) in [6.45, 7) is 1.77. The highest BCUT2D eigenvalue weighted by atomic mass is 35.5. The second-order valence-electron chi connectivity index (χ2n) is 6.13. The fourth-order valence-electron chi connectivity index (χ4n) is 2.96. The van der Waals surface area contributed by atoms with Gasteiger partial charge in [0.2, 0.25) is 0 Å². The van der Waals surface area contributed by atoms with Crippen LogP contribution >= 0.6 is 11.6 Å². The molecule has 0 aliphatic carbocycles. The van der Waals surface area contributed by atoms with Crippen LogP contribution in [-0.4, -0.2) is 39.7 Å². The molecule has 0 saturated carbocycles. The number of halogens is 1. The summed E-state index contributed by atoms with van der Waals surface area (Å²) in [5, 5.41) is 16.3. The Morgan fingerprint density at radius 2 is 2.12 bits per heavy atom. The van der Waals surface area contributed by atoms with Crippen molar-refractivity contribution in [3.05, 3.63) is 59.0 Å². The fraction of sp³-hybridized carbons (Fsp3) is 0.278. The van der Waals surface area contributed by atoms with Crippen LogP contribution in [0.25, 0.3) is 6.08 Å². The maximum atomic E-state index is 10.5. The average molecular weight is 359 g/mol. The van der Waals surface area contributed by atoms with Gasteiger partial charge < -0.3 is 15.7 Å². The number of nitrogens with zero attached hydrogens (tertiary/aromatic N) is 2. The van der Waals surface area contributed by atoms with E-state index in [9.17, 15) is 4.79 Å². The molecule has 130 valence electrons. The second kappa shape index (κ2) is 7.63. The SMILES string of the molecule is O=C(O)/C=C/c1cnc(N[C@]2(Cc3ccc(Cl)cc3)CCNC2)cn1. The summed E-state index contributed by atoms with van der Waals surface area (Å²) in [6.07, 6.45) is 7.46. The number of carbonyl (C=O) groups is 1. The Labute approximate surface area is 151 Å². The van der Waals surface area contributed by atoms with Crippen molar-refractivity contribution < 1.29 is 9.90 Å². The van der Waals surface area contributed by atoms with E-state index in [1.165, 1.54) is 11.6 Å². The molecule has 3 N–H and O–H groups in total. The normalized spacial score (nSPS) is 20.0. The van der Waals surface area contributed by atoms with Crippen molar-refractivity contribution >= 4 is 29.5 Å². The van der Waals surface area contributed by atoms with Crippen molar-refractivity contribution in [2.45, 2.75) is 18.4 Å². The Bertz CT molecular complexity index is 754. The largest absolute Gasteiger partial charge is 0.478 e. The quantitative estimate of drug-likeness (QED) is 0.688. The zero-order chi connectivity index (χ0) is 17.7. The molecule has 6 nitrogen and oxygen atoms in total. The third kappa shape index (κ3) is 4.78. The van der Waals surface area contributed by atoms with Gasteiger partial charge in [-0.05, 0) is 43.2 Å². The van der Waals surface area contributed by atoms with Crippen LogP contribution in [0.1, 0.15) is 17.7 Å². The Hall–Kier alpha value is -2.44. The van der Waals surface area contributed by atoms with Gasteiger partial charge in [0.25, 0.3) is 0 Å². The van der Waals surface area contributed by atoms with Crippen molar-refractivity contribution in [1.82, 2.24) is 15.3 Å². The zero-order valence-electron chi connectivity index (χ0n) is 13.6. The minimum atomic E-state index is -1.01. The van der Waals surface area contributed by atoms with E-state index in [-0.39, 0.29) is 5.54 Å². The number of hydrogen-bond acceptors (Lipinski definition) is 5. The molecule has 0 unspecified atom stereocenters. The van der Waals surface area contributed by atoms with Crippen molar-refractivity contribution in [3.8, 4) is 0 Å². The summed E-state index contributed by atoms with van der Waals surface area (Å²) in [5.41, 5.74) is 1.57. The van der Waals surface area contributed by atoms with Gasteiger partial charge in [0.05, 0.1) is 23.6 Å². The molecule has 1 aliphatic heterocycles. The van der Waals surface area contributed by atoms with E-state index in [4.69, 9.17) is 16.7 Å². The van der Waals surface area contributed by atoms with Gasteiger partial charge in [0, 0.05) is 17.6 Å². The standard InChI is InChI=1S/C18H19ClN4O2/c19-14-3-1-13(2-4-14)9-18(7-8-20-12-18)23-16-11-21-15(10-22-16)5-6-17(24)25/h1-6,10-11,20H,7-9,12H2,(H,22,23)(H,24,25)/b6-5+/t18-/m0/s1. The first-order valence-electron chi connectivity index (χ1n) is 8.01. The van der Waals surface area contributed by atoms with Gasteiger partial charge in [0.15, 0.2) is 0 Å². The maximum absolute atomic E-state index is 10.5. The second-order valence-corrected chi connectivity index (χ2v) is 6.57. The van der Waals surface area contributed by atoms with E-state index >= 15 is 0 Å². The van der Waals surface area contributed by atoms with Crippen molar-refractivity contribution in [1.29, 1.82) is 0 Å². The predicted molar refractivity (Wildman–Crippen MR) is 97.7 cm³/mol. The zero-order valence-corrected chi connectivity index (χ0v) is 14.3. The molecule has 1 atom stereocenters. The van der Waals surface area contributed by atoms with Crippen LogP contribution in [0.2, 0.25) is 5.02 Å². The number of carboxylic acid groups (broad SMARTS) is 1. The Morgan fingerprint density at radius 3 is 2.72 bits per heavy atom. The van der Waals surface area contributed by atoms with Crippen LogP contribution in [0, 0.1) is 0 Å². The van der Waals surface area contributed by atoms with Gasteiger partial charge in [0.1, 0.15) is 5.82 Å². The summed E-state index contributed by atoms with van der Waals surface area (Å²) in [4.78, 5) is 19.1. The topological polar surface area (TPSA) is 87.1 Å². The molecule has 1 fully saturated rings. The summed E-state index contributed by atoms with van der Waals surface area (Å²) < 4.78 is 0. The molecule has 0 bridgehead atoms. The Kier molecular flexibility index (Phi) is 5.31. The van der Waals surface area contributed by atoms with Crippen LogP contribution in [0.15, 0.2) is 42.7 Å². The number of aliphatic carboxylic acids is 1. The highest BCUT2D eigenvalue weighted by Crippen LogP contribution is 2.25. The molecule has 0 amide bonds. The number of rotatable bonds is 6. The van der Waals surface area contributed by atoms with Gasteiger partial charge >= 0.3 is 5.97 Å². The van der Waals surface area contributed by atoms with E-state index < -0.39 is 5.97 Å². The minimum Gasteiger partial charge on any atom is -0.478 e. The third-order valence-electron chi connectivity index (χ3n) is 4.16. The average Bonchev–Trinajstić information content (AvgIpc) is 3.04. The number of nitrogens with one attached hydrogen (secondary N) is 2. The summed E-state index contributed by atoms with van der Waals surface area (Å²) in [6, 6.07) is 7.87. The lowest BCUT2D eigenvalue weighted by Crippen LogP contribution is -2.43. The molecular weight excluding hydrogens is 340 g/mol. The lowest BCUT2D eigenvalue weighted by Gasteiger charge is -2.30. The van der Waals surface area contributed by atoms with Crippen molar-refractivity contribution in [2.75, 3.05) is 18.4 Å². The van der Waals surface area contributed by atoms with Crippen LogP contribution in [0.5, 0.6) is 0 Å². The van der Waals surface area contributed by atoms with Crippen LogP contribution in [0.4, 0.5) is 5.82 Å². The smallest absolute Gasteiger partial charge is 0.328 e. The van der Waals surface area contributed by atoms with Crippen molar-refractivity contribution in [2.24, 2.45) is 0 Å². The molecule has 1 aliphatic rings. The molecule has 1 aromatic carbocycles. The van der Waals surface area contributed by atoms with E-state index in [1.54, 1.807) is 12.4 Å². The lowest BCUT2D eigenvalue weighted by atomic mass is 9.90. The first kappa shape index (κ1) is 17.4. The van der Waals surface area contributed by atoms with Gasteiger partial charge in [-0.1, -0.05) is 23.7 Å². The molecule has 2 heterocycles. The van der Waals surface area contributed by atoms with E-state index in [2.05, 4.69) is 20.6 Å². The van der Waals surface area contributed by atoms with Gasteiger partial charge in [-0.3, -0.25) is 4.98 Å². The number of carboxylic acids is 1. The van der Waals surface area contributed by atoms with Crippen LogP contribution in [0.3, 0.4) is 0 Å². The van der Waals surface area contributed by atoms with Crippen LogP contribution in [-0.2, 0) is 11.2 Å². The number of aromatic nitrogens is 2. The van der Waals surface area contributed by atoms with Crippen molar-refractivity contribution in [3.63, 3.8) is 0 Å². The molecule has 2 aromatic rings. The Morgan fingerprint density at radius 1 is 1.32 bits per heavy atom. The maximum Gasteiger partial charge on any atom is 0.328 e. The molecule has 7 heteroatoms. The van der Waals surface area contributed by atoms with Gasteiger partial charge in [-0.2, -0.15) is 0 Å². The molecule has 3 rings (SSSR count). The van der Waals surface area contributed by atoms with Gasteiger partial charge in [-0.25, -0.2) is 9.78 Å². The number of benzene rings is 1. The summed E-state index contributed by atoms with van der Waals surface area (Å²) >= 11 is 5.96. The highest BCUT2D eigenvalue weighted by Gasteiger charge is 2.34. The first-order chi connectivity index (χ1) is 12.0. The fourth-order valence-corrected chi connectivity index (χ4v) is 3.08. The minimum absolute atomic E-state index is 0.138. The Balaban J connectivity index is 1.73. The molecule has 1 saturated heterocycles. The summed E-state index contributed by atoms with van der Waals surface area (Å²) in [5.74, 6) is -0.340. The van der Waals surface area contributed by atoms with Crippen LogP contribution < -0.4 is 10.6 Å². The summed E-state index contributed by atoms with van der Waals surface area (Å²) in [7, 11) is 0. The highest BCUT2D eigenvalue weighted by molar-refractivity contribution is 6.30. The molecule has 25 heavy (non-hydrogen) atoms. The molecule has 1 aromatic heterocycles. The van der Waals surface area contributed by atoms with E-state index in [0.717, 1.165) is 37.0 Å². The first-order valence-corrected chi connectivity index (χ1v) is 8.39. The van der Waals surface area contributed by atoms with Gasteiger partial charge in [-0.15, -0.1) is 0 Å². The molecular formula is C18H19ClN4O2. The third-order valence-corrected chi connectivity index (χ3v) is 4.41. The number of anilines is 1. The monoisotopic (exact) mass is 358 g/mol. The van der Waals surface area contributed by atoms with E-state index in [0.29, 0.717) is 11.5 Å².